The number of carboxylic acids is 1. The number of carboxylic acid groups (broad SMARTS) is 1. The lowest BCUT2D eigenvalue weighted by molar-refractivity contribution is -0.385. The van der Waals surface area contributed by atoms with Gasteiger partial charge in [-0.3, -0.25) is 20.2 Å². The van der Waals surface area contributed by atoms with Crippen molar-refractivity contribution < 1.29 is 29.3 Å². The fraction of sp³-hybridized carbons (Fsp3) is 0.0667. The summed E-state index contributed by atoms with van der Waals surface area (Å²) in [5.74, 6) is -2.06. The van der Waals surface area contributed by atoms with Gasteiger partial charge < -0.3 is 9.84 Å². The van der Waals surface area contributed by atoms with Crippen molar-refractivity contribution in [1.82, 2.24) is 0 Å². The second kappa shape index (κ2) is 10.2. The van der Waals surface area contributed by atoms with Crippen molar-refractivity contribution in [2.45, 2.75) is 0 Å². The molecule has 0 aromatic heterocycles. The van der Waals surface area contributed by atoms with Gasteiger partial charge in [0.25, 0.3) is 11.4 Å². The summed E-state index contributed by atoms with van der Waals surface area (Å²) in [6, 6.07) is 3.97. The highest BCUT2D eigenvalue weighted by atomic mass is 35.5. The van der Waals surface area contributed by atoms with Gasteiger partial charge in [-0.15, -0.1) is 0 Å². The Balaban J connectivity index is 0.000000291. The number of benzene rings is 2. The van der Waals surface area contributed by atoms with E-state index in [0.29, 0.717) is 0 Å². The van der Waals surface area contributed by atoms with Gasteiger partial charge in [-0.2, -0.15) is 0 Å². The molecule has 0 heterocycles. The Morgan fingerprint density at radius 1 is 0.828 bits per heavy atom. The van der Waals surface area contributed by atoms with Crippen LogP contribution in [0.4, 0.5) is 11.4 Å². The molecule has 0 fully saturated rings. The van der Waals surface area contributed by atoms with E-state index >= 15 is 0 Å². The van der Waals surface area contributed by atoms with Gasteiger partial charge in [0.1, 0.15) is 0 Å². The molecule has 0 atom stereocenters. The number of hydrogen-bond acceptors (Lipinski definition) is 7. The molecule has 0 aliphatic rings. The van der Waals surface area contributed by atoms with E-state index in [1.165, 1.54) is 0 Å². The van der Waals surface area contributed by atoms with E-state index in [0.717, 1.165) is 31.4 Å². The molecule has 0 aliphatic heterocycles. The van der Waals surface area contributed by atoms with Crippen LogP contribution < -0.4 is 0 Å². The first-order valence-corrected chi connectivity index (χ1v) is 8.50. The zero-order chi connectivity index (χ0) is 22.5. The number of rotatable bonds is 4. The number of carbonyl (C=O) groups is 2. The van der Waals surface area contributed by atoms with Crippen LogP contribution in [0.15, 0.2) is 24.3 Å². The van der Waals surface area contributed by atoms with E-state index in [2.05, 4.69) is 4.74 Å². The van der Waals surface area contributed by atoms with Crippen LogP contribution in [0.5, 0.6) is 0 Å². The fourth-order valence-corrected chi connectivity index (χ4v) is 3.10. The van der Waals surface area contributed by atoms with Gasteiger partial charge in [-0.25, -0.2) is 9.59 Å². The molecule has 0 radical (unpaired) electrons. The molecule has 0 spiro atoms. The minimum Gasteiger partial charge on any atom is -0.478 e. The van der Waals surface area contributed by atoms with Gasteiger partial charge in [0.05, 0.1) is 48.2 Å². The molecule has 0 amide bonds. The number of halogens is 4. The first-order chi connectivity index (χ1) is 13.4. The maximum absolute atomic E-state index is 11.2. The Morgan fingerprint density at radius 2 is 1.14 bits per heavy atom. The highest BCUT2D eigenvalue weighted by molar-refractivity contribution is 6.40. The molecular weight excluding hydrogens is 478 g/mol. The zero-order valence-electron chi connectivity index (χ0n) is 14.0. The Kier molecular flexibility index (Phi) is 8.59. The van der Waals surface area contributed by atoms with Crippen molar-refractivity contribution in [1.29, 1.82) is 0 Å². The number of aromatic carboxylic acids is 1. The summed E-state index contributed by atoms with van der Waals surface area (Å²) in [4.78, 5) is 41.2. The van der Waals surface area contributed by atoms with Crippen LogP contribution >= 0.6 is 46.4 Å². The molecule has 0 saturated carbocycles. The zero-order valence-corrected chi connectivity index (χ0v) is 17.0. The predicted molar refractivity (Wildman–Crippen MR) is 105 cm³/mol. The summed E-state index contributed by atoms with van der Waals surface area (Å²) in [6.45, 7) is 0. The number of non-ortho nitro benzene ring substituents is 2. The second-order valence-corrected chi connectivity index (χ2v) is 6.51. The van der Waals surface area contributed by atoms with Crippen LogP contribution in [0.3, 0.4) is 0 Å². The second-order valence-electron chi connectivity index (χ2n) is 4.88. The Morgan fingerprint density at radius 3 is 1.38 bits per heavy atom. The highest BCUT2D eigenvalue weighted by Gasteiger charge is 2.20. The maximum Gasteiger partial charge on any atom is 0.340 e. The fourth-order valence-electron chi connectivity index (χ4n) is 1.83. The van der Waals surface area contributed by atoms with Crippen molar-refractivity contribution >= 4 is 69.7 Å². The number of esters is 1. The van der Waals surface area contributed by atoms with E-state index in [1.54, 1.807) is 0 Å². The highest BCUT2D eigenvalue weighted by Crippen LogP contribution is 2.31. The summed E-state index contributed by atoms with van der Waals surface area (Å²) < 4.78 is 4.42. The lowest BCUT2D eigenvalue weighted by atomic mass is 10.2. The standard InChI is InChI=1S/C8H5Cl2NO4.C7H3Cl2NO4/c1-15-8(12)7-5(9)2-4(11(13)14)3-6(7)10;8-4-1-3(10(13)14)2-5(9)6(4)7(11)12/h2-3H,1H3;1-2H,(H,11,12). The number of ether oxygens (including phenoxy) is 1. The maximum atomic E-state index is 11.2. The average molecular weight is 486 g/mol. The van der Waals surface area contributed by atoms with E-state index in [1.807, 2.05) is 0 Å². The predicted octanol–water partition coefficient (Wildman–Crippen LogP) is 5.29. The van der Waals surface area contributed by atoms with E-state index in [-0.39, 0.29) is 42.6 Å². The van der Waals surface area contributed by atoms with Gasteiger partial charge in [-0.1, -0.05) is 46.4 Å². The molecule has 0 unspecified atom stereocenters. The average Bonchev–Trinajstić information content (AvgIpc) is 2.60. The minimum atomic E-state index is -1.32. The third-order valence-corrected chi connectivity index (χ3v) is 4.27. The quantitative estimate of drug-likeness (QED) is 0.348. The Hall–Kier alpha value is -2.66. The molecule has 154 valence electrons. The molecular formula is C15H8Cl4N2O8. The van der Waals surface area contributed by atoms with Gasteiger partial charge in [-0.05, 0) is 0 Å². The van der Waals surface area contributed by atoms with Gasteiger partial charge in [0, 0.05) is 24.3 Å². The van der Waals surface area contributed by atoms with Crippen molar-refractivity contribution in [2.24, 2.45) is 0 Å². The van der Waals surface area contributed by atoms with Crippen LogP contribution in [-0.2, 0) is 4.74 Å². The van der Waals surface area contributed by atoms with E-state index in [9.17, 15) is 29.8 Å². The molecule has 2 rings (SSSR count). The van der Waals surface area contributed by atoms with E-state index in [4.69, 9.17) is 51.5 Å². The van der Waals surface area contributed by atoms with E-state index < -0.39 is 21.8 Å². The first-order valence-electron chi connectivity index (χ1n) is 6.99. The van der Waals surface area contributed by atoms with Crippen molar-refractivity contribution in [3.8, 4) is 0 Å². The van der Waals surface area contributed by atoms with Crippen LogP contribution in [0.25, 0.3) is 0 Å². The van der Waals surface area contributed by atoms with Gasteiger partial charge in [0.15, 0.2) is 0 Å². The molecule has 10 nitrogen and oxygen atoms in total. The van der Waals surface area contributed by atoms with Crippen LogP contribution in [0, 0.1) is 20.2 Å². The first kappa shape index (κ1) is 24.4. The van der Waals surface area contributed by atoms with Gasteiger partial charge >= 0.3 is 11.9 Å². The summed E-state index contributed by atoms with van der Waals surface area (Å²) in [5, 5.41) is 28.7. The smallest absolute Gasteiger partial charge is 0.340 e. The summed E-state index contributed by atoms with van der Waals surface area (Å²) >= 11 is 22.3. The lowest BCUT2D eigenvalue weighted by Crippen LogP contribution is -2.03. The van der Waals surface area contributed by atoms with Crippen molar-refractivity contribution in [2.75, 3.05) is 7.11 Å². The number of nitrogens with zero attached hydrogens (tertiary/aromatic N) is 2. The SMILES string of the molecule is COC(=O)c1c(Cl)cc([N+](=O)[O-])cc1Cl.O=C(O)c1c(Cl)cc([N+](=O)[O-])cc1Cl. The molecule has 14 heteroatoms. The Bertz CT molecular complexity index is 966. The van der Waals surface area contributed by atoms with Crippen LogP contribution in [0.1, 0.15) is 20.7 Å². The number of hydrogen-bond donors (Lipinski definition) is 1. The topological polar surface area (TPSA) is 150 Å². The molecule has 2 aromatic carbocycles. The van der Waals surface area contributed by atoms with Gasteiger partial charge in [0.2, 0.25) is 0 Å². The summed E-state index contributed by atoms with van der Waals surface area (Å²) in [6.07, 6.45) is 0. The number of nitro groups is 2. The third kappa shape index (κ3) is 6.16. The number of methoxy groups -OCH3 is 1. The Labute approximate surface area is 181 Å². The normalized spacial score (nSPS) is 9.83. The lowest BCUT2D eigenvalue weighted by Gasteiger charge is -2.04. The molecule has 2 aromatic rings. The molecule has 0 aliphatic carbocycles. The minimum absolute atomic E-state index is 0.0774. The molecule has 0 saturated heterocycles. The van der Waals surface area contributed by atoms with Crippen molar-refractivity contribution in [3.05, 3.63) is 75.7 Å². The summed E-state index contributed by atoms with van der Waals surface area (Å²) in [5.41, 5.74) is -1.03. The molecule has 1 N–H and O–H groups in total. The molecule has 0 bridgehead atoms. The number of carbonyl (C=O) groups excluding carboxylic acids is 1. The van der Waals surface area contributed by atoms with Crippen LogP contribution in [0.2, 0.25) is 20.1 Å². The van der Waals surface area contributed by atoms with Crippen molar-refractivity contribution in [3.63, 3.8) is 0 Å². The molecule has 29 heavy (non-hydrogen) atoms. The van der Waals surface area contributed by atoms with Crippen LogP contribution in [-0.4, -0.2) is 34.0 Å². The monoisotopic (exact) mass is 484 g/mol. The summed E-state index contributed by atoms with van der Waals surface area (Å²) in [7, 11) is 1.16. The number of nitro benzene ring substituents is 2. The third-order valence-electron chi connectivity index (χ3n) is 3.08. The largest absolute Gasteiger partial charge is 0.478 e.